The Kier molecular flexibility index (Phi) is 6.57. The third-order valence-electron chi connectivity index (χ3n) is 5.00. The normalized spacial score (nSPS) is 15.6. The SMILES string of the molecule is CN=C(Nc1sc2c(c1C=O)CCCSC2)C(=O)NCc1ccc2c(c1)NC(=O)CO2. The Balaban J connectivity index is 1.43. The van der Waals surface area contributed by atoms with Crippen LogP contribution in [0, 0.1) is 0 Å². The number of aliphatic imine (C=N–C) groups is 1. The van der Waals surface area contributed by atoms with Gasteiger partial charge in [0, 0.05) is 24.2 Å². The molecular formula is C21H22N4O4S2. The first-order valence-electron chi connectivity index (χ1n) is 9.84. The first-order valence-corrected chi connectivity index (χ1v) is 11.8. The van der Waals surface area contributed by atoms with Gasteiger partial charge in [0.2, 0.25) is 0 Å². The number of aldehydes is 1. The summed E-state index contributed by atoms with van der Waals surface area (Å²) in [7, 11) is 1.53. The number of nitrogens with one attached hydrogen (secondary N) is 3. The second kappa shape index (κ2) is 9.52. The molecule has 0 unspecified atom stereocenters. The monoisotopic (exact) mass is 458 g/mol. The molecule has 0 bridgehead atoms. The maximum absolute atomic E-state index is 12.7. The molecule has 1 aromatic heterocycles. The van der Waals surface area contributed by atoms with Crippen molar-refractivity contribution in [3.05, 3.63) is 39.8 Å². The van der Waals surface area contributed by atoms with Crippen molar-refractivity contribution in [3.8, 4) is 5.75 Å². The van der Waals surface area contributed by atoms with Gasteiger partial charge in [-0.05, 0) is 41.9 Å². The Morgan fingerprint density at radius 2 is 2.26 bits per heavy atom. The summed E-state index contributed by atoms with van der Waals surface area (Å²) >= 11 is 3.37. The van der Waals surface area contributed by atoms with E-state index in [0.29, 0.717) is 22.0 Å². The molecule has 10 heteroatoms. The molecule has 2 amide bonds. The average molecular weight is 459 g/mol. The third kappa shape index (κ3) is 4.75. The van der Waals surface area contributed by atoms with Crippen LogP contribution in [0.1, 0.15) is 32.8 Å². The second-order valence-electron chi connectivity index (χ2n) is 7.07. The highest BCUT2D eigenvalue weighted by atomic mass is 32.2. The summed E-state index contributed by atoms with van der Waals surface area (Å²) in [4.78, 5) is 41.2. The van der Waals surface area contributed by atoms with Crippen molar-refractivity contribution in [2.45, 2.75) is 25.1 Å². The molecule has 2 aromatic rings. The zero-order valence-electron chi connectivity index (χ0n) is 16.9. The highest BCUT2D eigenvalue weighted by Crippen LogP contribution is 2.37. The van der Waals surface area contributed by atoms with E-state index in [0.717, 1.165) is 41.8 Å². The summed E-state index contributed by atoms with van der Waals surface area (Å²) in [6.07, 6.45) is 2.77. The highest BCUT2D eigenvalue weighted by Gasteiger charge is 2.22. The quantitative estimate of drug-likeness (QED) is 0.369. The summed E-state index contributed by atoms with van der Waals surface area (Å²) in [5.41, 5.74) is 3.10. The fraction of sp³-hybridized carbons (Fsp3) is 0.333. The van der Waals surface area contributed by atoms with Gasteiger partial charge in [-0.3, -0.25) is 19.4 Å². The summed E-state index contributed by atoms with van der Waals surface area (Å²) in [6.45, 7) is 0.249. The number of amidine groups is 1. The minimum Gasteiger partial charge on any atom is -0.482 e. The smallest absolute Gasteiger partial charge is 0.286 e. The van der Waals surface area contributed by atoms with Crippen molar-refractivity contribution >= 4 is 57.7 Å². The number of hydrogen-bond acceptors (Lipinski definition) is 7. The zero-order chi connectivity index (χ0) is 21.8. The van der Waals surface area contributed by atoms with Crippen LogP contribution in [0.5, 0.6) is 5.75 Å². The number of fused-ring (bicyclic) bond motifs is 2. The molecule has 0 fully saturated rings. The van der Waals surface area contributed by atoms with Gasteiger partial charge in [-0.2, -0.15) is 11.8 Å². The highest BCUT2D eigenvalue weighted by molar-refractivity contribution is 7.98. The van der Waals surface area contributed by atoms with E-state index >= 15 is 0 Å². The fourth-order valence-electron chi connectivity index (χ4n) is 3.48. The van der Waals surface area contributed by atoms with Crippen molar-refractivity contribution < 1.29 is 19.1 Å². The Morgan fingerprint density at radius 1 is 1.39 bits per heavy atom. The van der Waals surface area contributed by atoms with E-state index < -0.39 is 0 Å². The lowest BCUT2D eigenvalue weighted by molar-refractivity contribution is -0.118. The van der Waals surface area contributed by atoms with Crippen molar-refractivity contribution in [2.75, 3.05) is 30.0 Å². The Bertz CT molecular complexity index is 1060. The lowest BCUT2D eigenvalue weighted by Gasteiger charge is -2.18. The molecule has 2 aliphatic rings. The van der Waals surface area contributed by atoms with Crippen molar-refractivity contribution in [1.82, 2.24) is 5.32 Å². The van der Waals surface area contributed by atoms with E-state index in [1.807, 2.05) is 17.8 Å². The number of rotatable bonds is 4. The maximum atomic E-state index is 12.7. The summed E-state index contributed by atoms with van der Waals surface area (Å²) in [6, 6.07) is 5.35. The first-order chi connectivity index (χ1) is 15.1. The predicted molar refractivity (Wildman–Crippen MR) is 124 cm³/mol. The number of carbonyl (C=O) groups is 3. The number of thiophene rings is 1. The van der Waals surface area contributed by atoms with Gasteiger partial charge in [-0.25, -0.2) is 0 Å². The van der Waals surface area contributed by atoms with Crippen LogP contribution in [0.15, 0.2) is 23.2 Å². The summed E-state index contributed by atoms with van der Waals surface area (Å²) in [5.74, 6) is 2.12. The number of nitrogens with zero attached hydrogens (tertiary/aromatic N) is 1. The second-order valence-corrected chi connectivity index (χ2v) is 9.28. The molecule has 0 aliphatic carbocycles. The Hall–Kier alpha value is -2.85. The first kappa shape index (κ1) is 21.4. The summed E-state index contributed by atoms with van der Waals surface area (Å²) < 4.78 is 5.35. The minimum atomic E-state index is -0.379. The van der Waals surface area contributed by atoms with Crippen molar-refractivity contribution in [3.63, 3.8) is 0 Å². The number of hydrogen-bond donors (Lipinski definition) is 3. The van der Waals surface area contributed by atoms with Crippen molar-refractivity contribution in [2.24, 2.45) is 4.99 Å². The van der Waals surface area contributed by atoms with Gasteiger partial charge in [-0.15, -0.1) is 11.3 Å². The molecule has 31 heavy (non-hydrogen) atoms. The predicted octanol–water partition coefficient (Wildman–Crippen LogP) is 2.83. The van der Waals surface area contributed by atoms with Crippen LogP contribution in [-0.4, -0.2) is 43.3 Å². The van der Waals surface area contributed by atoms with E-state index in [4.69, 9.17) is 4.74 Å². The summed E-state index contributed by atoms with van der Waals surface area (Å²) in [5, 5.41) is 9.29. The molecule has 162 valence electrons. The number of benzene rings is 1. The molecule has 8 nitrogen and oxygen atoms in total. The van der Waals surface area contributed by atoms with E-state index in [2.05, 4.69) is 20.9 Å². The van der Waals surface area contributed by atoms with E-state index in [-0.39, 0.29) is 30.8 Å². The standard InChI is InChI=1S/C21H22N4O4S2/c1-22-19(25-21-14(9-26)13-3-2-6-30-11-17(13)31-21)20(28)23-8-12-4-5-16-15(7-12)24-18(27)10-29-16/h4-5,7,9H,2-3,6,8,10-11H2,1H3,(H,22,25)(H,23,28)(H,24,27). The molecule has 0 saturated heterocycles. The lowest BCUT2D eigenvalue weighted by atomic mass is 10.1. The Morgan fingerprint density at radius 3 is 3.06 bits per heavy atom. The molecule has 4 rings (SSSR count). The van der Waals surface area contributed by atoms with Crippen LogP contribution < -0.4 is 20.7 Å². The van der Waals surface area contributed by atoms with Crippen LogP contribution >= 0.6 is 23.1 Å². The number of thioether (sulfide) groups is 1. The number of anilines is 2. The van der Waals surface area contributed by atoms with Crippen LogP contribution in [0.4, 0.5) is 10.7 Å². The molecule has 3 N–H and O–H groups in total. The van der Waals surface area contributed by atoms with E-state index in [1.54, 1.807) is 12.1 Å². The topological polar surface area (TPSA) is 109 Å². The number of amides is 2. The zero-order valence-corrected chi connectivity index (χ0v) is 18.6. The molecule has 2 aliphatic heterocycles. The fourth-order valence-corrected chi connectivity index (χ4v) is 5.83. The van der Waals surface area contributed by atoms with Gasteiger partial charge in [0.05, 0.1) is 11.3 Å². The molecule has 0 saturated carbocycles. The van der Waals surface area contributed by atoms with Crippen LogP contribution in [-0.2, 0) is 28.3 Å². The molecule has 0 atom stereocenters. The van der Waals surface area contributed by atoms with Crippen LogP contribution in [0.2, 0.25) is 0 Å². The number of carbonyl (C=O) groups excluding carboxylic acids is 3. The van der Waals surface area contributed by atoms with Gasteiger partial charge in [0.25, 0.3) is 11.8 Å². The van der Waals surface area contributed by atoms with E-state index in [1.165, 1.54) is 23.3 Å². The van der Waals surface area contributed by atoms with Gasteiger partial charge < -0.3 is 20.7 Å². The lowest BCUT2D eigenvalue weighted by Crippen LogP contribution is -2.35. The van der Waals surface area contributed by atoms with Gasteiger partial charge in [-0.1, -0.05) is 6.07 Å². The third-order valence-corrected chi connectivity index (χ3v) is 7.41. The van der Waals surface area contributed by atoms with Crippen LogP contribution in [0.25, 0.3) is 0 Å². The van der Waals surface area contributed by atoms with Gasteiger partial charge in [0.15, 0.2) is 18.7 Å². The van der Waals surface area contributed by atoms with E-state index in [9.17, 15) is 14.4 Å². The van der Waals surface area contributed by atoms with Crippen LogP contribution in [0.3, 0.4) is 0 Å². The minimum absolute atomic E-state index is 0.00130. The molecular weight excluding hydrogens is 436 g/mol. The molecule has 1 aromatic carbocycles. The van der Waals surface area contributed by atoms with Gasteiger partial charge >= 0.3 is 0 Å². The Labute approximate surface area is 187 Å². The molecule has 0 radical (unpaired) electrons. The average Bonchev–Trinajstić information content (AvgIpc) is 2.93. The maximum Gasteiger partial charge on any atom is 0.286 e. The number of ether oxygens (including phenoxy) is 1. The van der Waals surface area contributed by atoms with Crippen molar-refractivity contribution in [1.29, 1.82) is 0 Å². The largest absolute Gasteiger partial charge is 0.482 e. The molecule has 0 spiro atoms. The molecule has 3 heterocycles. The van der Waals surface area contributed by atoms with Gasteiger partial charge in [0.1, 0.15) is 10.8 Å².